The molecule has 0 amide bonds. The smallest absolute Gasteiger partial charge is 0.135 e. The predicted molar refractivity (Wildman–Crippen MR) is 80.9 cm³/mol. The van der Waals surface area contributed by atoms with Crippen molar-refractivity contribution in [2.75, 3.05) is 29.9 Å². The van der Waals surface area contributed by atoms with Crippen LogP contribution < -0.4 is 10.2 Å². The maximum absolute atomic E-state index is 4.74. The Morgan fingerprint density at radius 3 is 2.58 bits per heavy atom. The van der Waals surface area contributed by atoms with Gasteiger partial charge in [-0.15, -0.1) is 0 Å². The van der Waals surface area contributed by atoms with Crippen molar-refractivity contribution < 1.29 is 0 Å². The second kappa shape index (κ2) is 6.22. The third-order valence-corrected chi connectivity index (χ3v) is 3.71. The third-order valence-electron chi connectivity index (χ3n) is 3.71. The molecular formula is C15H26N4. The Morgan fingerprint density at radius 2 is 2.00 bits per heavy atom. The lowest BCUT2D eigenvalue weighted by molar-refractivity contribution is 0.436. The summed E-state index contributed by atoms with van der Waals surface area (Å²) in [7, 11) is 0. The normalized spacial score (nSPS) is 17.0. The molecule has 1 aromatic heterocycles. The monoisotopic (exact) mass is 262 g/mol. The van der Waals surface area contributed by atoms with E-state index in [4.69, 9.17) is 4.98 Å². The maximum Gasteiger partial charge on any atom is 0.135 e. The first-order valence-corrected chi connectivity index (χ1v) is 7.48. The Morgan fingerprint density at radius 1 is 1.32 bits per heavy atom. The number of hydrogen-bond acceptors (Lipinski definition) is 4. The van der Waals surface area contributed by atoms with Crippen molar-refractivity contribution in [3.05, 3.63) is 11.9 Å². The van der Waals surface area contributed by atoms with Gasteiger partial charge in [0.05, 0.1) is 0 Å². The van der Waals surface area contributed by atoms with Crippen LogP contribution in [0.5, 0.6) is 0 Å². The first-order valence-electron chi connectivity index (χ1n) is 7.48. The quantitative estimate of drug-likeness (QED) is 0.904. The number of hydrogen-bond donors (Lipinski definition) is 1. The van der Waals surface area contributed by atoms with E-state index in [9.17, 15) is 0 Å². The molecule has 0 radical (unpaired) electrons. The molecule has 1 N–H and O–H groups in total. The van der Waals surface area contributed by atoms with Crippen molar-refractivity contribution in [2.45, 2.75) is 46.5 Å². The van der Waals surface area contributed by atoms with E-state index >= 15 is 0 Å². The summed E-state index contributed by atoms with van der Waals surface area (Å²) in [6.45, 7) is 11.8. The lowest BCUT2D eigenvalue weighted by atomic mass is 9.99. The van der Waals surface area contributed by atoms with Crippen LogP contribution >= 0.6 is 0 Å². The molecule has 4 heteroatoms. The van der Waals surface area contributed by atoms with E-state index in [1.807, 2.05) is 0 Å². The van der Waals surface area contributed by atoms with Crippen molar-refractivity contribution in [1.29, 1.82) is 0 Å². The van der Waals surface area contributed by atoms with E-state index < -0.39 is 0 Å². The van der Waals surface area contributed by atoms with Crippen LogP contribution in [0.3, 0.4) is 0 Å². The fourth-order valence-electron chi connectivity index (χ4n) is 2.38. The van der Waals surface area contributed by atoms with Crippen LogP contribution in [0.2, 0.25) is 0 Å². The molecule has 0 aliphatic carbocycles. The molecule has 19 heavy (non-hydrogen) atoms. The highest BCUT2D eigenvalue weighted by atomic mass is 15.2. The van der Waals surface area contributed by atoms with Gasteiger partial charge in [-0.2, -0.15) is 0 Å². The zero-order valence-corrected chi connectivity index (χ0v) is 12.6. The Bertz CT molecular complexity index is 409. The number of piperidine rings is 1. The van der Waals surface area contributed by atoms with Crippen LogP contribution in [-0.4, -0.2) is 29.6 Å². The Balaban J connectivity index is 2.23. The number of nitrogens with one attached hydrogen (secondary N) is 1. The first-order chi connectivity index (χ1) is 9.10. The molecule has 0 spiro atoms. The third kappa shape index (κ3) is 3.58. The number of rotatable bonds is 4. The molecule has 0 aromatic carbocycles. The average molecular weight is 262 g/mol. The largest absolute Gasteiger partial charge is 0.370 e. The minimum atomic E-state index is 0.362. The predicted octanol–water partition coefficient (Wildman–Crippen LogP) is 3.27. The molecule has 0 unspecified atom stereocenters. The van der Waals surface area contributed by atoms with E-state index in [0.29, 0.717) is 5.92 Å². The summed E-state index contributed by atoms with van der Waals surface area (Å²) >= 11 is 0. The van der Waals surface area contributed by atoms with Crippen molar-refractivity contribution in [2.24, 2.45) is 5.92 Å². The van der Waals surface area contributed by atoms with Crippen molar-refractivity contribution in [3.8, 4) is 0 Å². The van der Waals surface area contributed by atoms with Gasteiger partial charge < -0.3 is 10.2 Å². The Kier molecular flexibility index (Phi) is 4.61. The number of nitrogens with zero attached hydrogens (tertiary/aromatic N) is 3. The summed E-state index contributed by atoms with van der Waals surface area (Å²) in [5, 5.41) is 3.31. The molecule has 2 rings (SSSR count). The van der Waals surface area contributed by atoms with Gasteiger partial charge in [0.25, 0.3) is 0 Å². The van der Waals surface area contributed by atoms with Crippen molar-refractivity contribution >= 4 is 11.6 Å². The lowest BCUT2D eigenvalue weighted by Crippen LogP contribution is -2.33. The summed E-state index contributed by atoms with van der Waals surface area (Å²) in [6, 6.07) is 2.09. The van der Waals surface area contributed by atoms with Gasteiger partial charge in [-0.05, 0) is 25.7 Å². The van der Waals surface area contributed by atoms with Crippen molar-refractivity contribution in [3.63, 3.8) is 0 Å². The molecule has 106 valence electrons. The standard InChI is InChI=1S/C15H26N4/c1-5-16-13-10-14(18-15(17-13)11(2)3)19-8-6-12(4)7-9-19/h10-12H,5-9H2,1-4H3,(H,16,17,18). The fourth-order valence-corrected chi connectivity index (χ4v) is 2.38. The van der Waals surface area contributed by atoms with Crippen LogP contribution in [0.4, 0.5) is 11.6 Å². The molecule has 1 aromatic rings. The van der Waals surface area contributed by atoms with Gasteiger partial charge in [0, 0.05) is 31.6 Å². The SMILES string of the molecule is CCNc1cc(N2CCC(C)CC2)nc(C(C)C)n1. The van der Waals surface area contributed by atoms with E-state index in [-0.39, 0.29) is 0 Å². The van der Waals surface area contributed by atoms with Gasteiger partial charge in [-0.3, -0.25) is 0 Å². The lowest BCUT2D eigenvalue weighted by Gasteiger charge is -2.31. The second-order valence-corrected chi connectivity index (χ2v) is 5.82. The minimum Gasteiger partial charge on any atom is -0.370 e. The summed E-state index contributed by atoms with van der Waals surface area (Å²) in [4.78, 5) is 11.7. The molecule has 1 saturated heterocycles. The van der Waals surface area contributed by atoms with Crippen LogP contribution in [0.25, 0.3) is 0 Å². The zero-order valence-electron chi connectivity index (χ0n) is 12.6. The van der Waals surface area contributed by atoms with Gasteiger partial charge in [0.1, 0.15) is 17.5 Å². The number of anilines is 2. The zero-order chi connectivity index (χ0) is 13.8. The molecule has 2 heterocycles. The van der Waals surface area contributed by atoms with Crippen LogP contribution in [0, 0.1) is 5.92 Å². The molecule has 0 saturated carbocycles. The number of aromatic nitrogens is 2. The van der Waals surface area contributed by atoms with Gasteiger partial charge >= 0.3 is 0 Å². The molecular weight excluding hydrogens is 236 g/mol. The van der Waals surface area contributed by atoms with E-state index in [2.05, 4.69) is 49.0 Å². The van der Waals surface area contributed by atoms with Crippen LogP contribution in [0.15, 0.2) is 6.07 Å². The van der Waals surface area contributed by atoms with Crippen LogP contribution in [0.1, 0.15) is 52.3 Å². The Hall–Kier alpha value is -1.32. The summed E-state index contributed by atoms with van der Waals surface area (Å²) in [6.07, 6.45) is 2.52. The second-order valence-electron chi connectivity index (χ2n) is 5.82. The van der Waals surface area contributed by atoms with Gasteiger partial charge in [0.15, 0.2) is 0 Å². The highest BCUT2D eigenvalue weighted by Gasteiger charge is 2.18. The first kappa shape index (κ1) is 14.1. The molecule has 1 fully saturated rings. The van der Waals surface area contributed by atoms with Crippen LogP contribution in [-0.2, 0) is 0 Å². The van der Waals surface area contributed by atoms with Crippen molar-refractivity contribution in [1.82, 2.24) is 9.97 Å². The molecule has 1 aliphatic heterocycles. The van der Waals surface area contributed by atoms with Gasteiger partial charge in [-0.25, -0.2) is 9.97 Å². The Labute approximate surface area is 116 Å². The topological polar surface area (TPSA) is 41.0 Å². The summed E-state index contributed by atoms with van der Waals surface area (Å²) < 4.78 is 0. The average Bonchev–Trinajstić information content (AvgIpc) is 2.39. The summed E-state index contributed by atoms with van der Waals surface area (Å²) in [5.41, 5.74) is 0. The van der Waals surface area contributed by atoms with E-state index in [1.54, 1.807) is 0 Å². The molecule has 0 bridgehead atoms. The minimum absolute atomic E-state index is 0.362. The highest BCUT2D eigenvalue weighted by Crippen LogP contribution is 2.24. The highest BCUT2D eigenvalue weighted by molar-refractivity contribution is 5.50. The molecule has 4 nitrogen and oxygen atoms in total. The molecule has 0 atom stereocenters. The maximum atomic E-state index is 4.74. The summed E-state index contributed by atoms with van der Waals surface area (Å²) in [5.74, 6) is 4.18. The van der Waals surface area contributed by atoms with E-state index in [0.717, 1.165) is 43.0 Å². The van der Waals surface area contributed by atoms with Gasteiger partial charge in [-0.1, -0.05) is 20.8 Å². The van der Waals surface area contributed by atoms with Gasteiger partial charge in [0.2, 0.25) is 0 Å². The fraction of sp³-hybridized carbons (Fsp3) is 0.733. The van der Waals surface area contributed by atoms with E-state index in [1.165, 1.54) is 12.8 Å². The molecule has 1 aliphatic rings.